The highest BCUT2D eigenvalue weighted by atomic mass is 16.5. The first-order valence-electron chi connectivity index (χ1n) is 10.0. The maximum absolute atomic E-state index is 13.4. The van der Waals surface area contributed by atoms with Crippen molar-refractivity contribution in [3.05, 3.63) is 78.0 Å². The van der Waals surface area contributed by atoms with Gasteiger partial charge in [0, 0.05) is 41.7 Å². The lowest BCUT2D eigenvalue weighted by Gasteiger charge is -2.48. The minimum atomic E-state index is 0.0525. The SMILES string of the molecule is O=C(c1ccnc2ccccc12)C1CC2COCC(C1)N2Cc1ccccc1. The molecule has 0 N–H and O–H groups in total. The number of nitrogens with zero attached hydrogens (tertiary/aromatic N) is 2. The standard InChI is InChI=1S/C24H24N2O2/c27-24(22-10-11-25-23-9-5-4-8-21(22)23)18-12-19-15-28-16-20(13-18)26(19)14-17-6-2-1-3-7-17/h1-11,18-20H,12-16H2. The summed E-state index contributed by atoms with van der Waals surface area (Å²) in [6, 6.07) is 21.0. The smallest absolute Gasteiger partial charge is 0.166 e. The highest BCUT2D eigenvalue weighted by Crippen LogP contribution is 2.35. The molecule has 4 nitrogen and oxygen atoms in total. The van der Waals surface area contributed by atoms with E-state index in [1.165, 1.54) is 5.56 Å². The van der Waals surface area contributed by atoms with Crippen LogP contribution in [0.5, 0.6) is 0 Å². The second kappa shape index (κ2) is 7.46. The number of ketones is 1. The number of aromatic nitrogens is 1. The largest absolute Gasteiger partial charge is 0.378 e. The number of para-hydroxylation sites is 1. The van der Waals surface area contributed by atoms with Crippen LogP contribution in [0.15, 0.2) is 66.9 Å². The number of carbonyl (C=O) groups excluding carboxylic acids is 1. The van der Waals surface area contributed by atoms with Gasteiger partial charge in [-0.05, 0) is 30.5 Å². The third kappa shape index (κ3) is 3.23. The summed E-state index contributed by atoms with van der Waals surface area (Å²) in [6.07, 6.45) is 3.47. The second-order valence-electron chi connectivity index (χ2n) is 7.91. The average Bonchev–Trinajstić information content (AvgIpc) is 2.73. The molecule has 2 aliphatic rings. The van der Waals surface area contributed by atoms with Gasteiger partial charge in [0.2, 0.25) is 0 Å². The van der Waals surface area contributed by atoms with Crippen molar-refractivity contribution < 1.29 is 9.53 Å². The predicted octanol–water partition coefficient (Wildman–Crippen LogP) is 4.10. The van der Waals surface area contributed by atoms with Crippen LogP contribution in [0.4, 0.5) is 0 Å². The van der Waals surface area contributed by atoms with Gasteiger partial charge in [0.25, 0.3) is 0 Å². The summed E-state index contributed by atoms with van der Waals surface area (Å²) in [6.45, 7) is 2.35. The first kappa shape index (κ1) is 17.5. The number of morpholine rings is 1. The number of piperidine rings is 1. The van der Waals surface area contributed by atoms with E-state index in [2.05, 4.69) is 40.2 Å². The molecule has 2 aromatic carbocycles. The van der Waals surface area contributed by atoms with Gasteiger partial charge in [-0.3, -0.25) is 14.7 Å². The van der Waals surface area contributed by atoms with Crippen LogP contribution in [0.2, 0.25) is 0 Å². The number of benzene rings is 2. The Morgan fingerprint density at radius 1 is 0.964 bits per heavy atom. The first-order chi connectivity index (χ1) is 13.8. The fraction of sp³-hybridized carbons (Fsp3) is 0.333. The minimum absolute atomic E-state index is 0.0525. The van der Waals surface area contributed by atoms with Crippen molar-refractivity contribution in [2.75, 3.05) is 13.2 Å². The molecule has 0 aliphatic carbocycles. The van der Waals surface area contributed by atoms with Crippen LogP contribution in [0.1, 0.15) is 28.8 Å². The minimum Gasteiger partial charge on any atom is -0.378 e. The van der Waals surface area contributed by atoms with Crippen molar-refractivity contribution in [2.45, 2.75) is 31.5 Å². The highest BCUT2D eigenvalue weighted by molar-refractivity contribution is 6.08. The molecule has 1 aromatic heterocycles. The van der Waals surface area contributed by atoms with Crippen LogP contribution in [0.25, 0.3) is 10.9 Å². The van der Waals surface area contributed by atoms with Gasteiger partial charge in [-0.25, -0.2) is 0 Å². The van der Waals surface area contributed by atoms with Crippen molar-refractivity contribution in [1.82, 2.24) is 9.88 Å². The van der Waals surface area contributed by atoms with Gasteiger partial charge in [-0.2, -0.15) is 0 Å². The number of Topliss-reactive ketones (excluding diaryl/α,β-unsaturated/α-hetero) is 1. The van der Waals surface area contributed by atoms with E-state index in [9.17, 15) is 4.79 Å². The van der Waals surface area contributed by atoms with E-state index in [4.69, 9.17) is 4.74 Å². The van der Waals surface area contributed by atoms with Gasteiger partial charge >= 0.3 is 0 Å². The zero-order valence-electron chi connectivity index (χ0n) is 15.8. The molecule has 2 saturated heterocycles. The molecule has 0 saturated carbocycles. The highest BCUT2D eigenvalue weighted by Gasteiger charge is 2.41. The molecule has 2 atom stereocenters. The Balaban J connectivity index is 1.39. The molecule has 0 radical (unpaired) electrons. The lowest BCUT2D eigenvalue weighted by atomic mass is 9.80. The molecule has 3 aromatic rings. The third-order valence-corrected chi connectivity index (χ3v) is 6.16. The van der Waals surface area contributed by atoms with E-state index in [0.717, 1.165) is 35.9 Å². The normalized spacial score (nSPS) is 24.9. The van der Waals surface area contributed by atoms with E-state index in [1.807, 2.05) is 30.3 Å². The molecule has 2 unspecified atom stereocenters. The lowest BCUT2D eigenvalue weighted by molar-refractivity contribution is -0.0872. The quantitative estimate of drug-likeness (QED) is 0.647. The van der Waals surface area contributed by atoms with Crippen molar-refractivity contribution in [3.63, 3.8) is 0 Å². The Labute approximate surface area is 165 Å². The van der Waals surface area contributed by atoms with Crippen LogP contribution in [-0.2, 0) is 11.3 Å². The molecular weight excluding hydrogens is 348 g/mol. The van der Waals surface area contributed by atoms with Gasteiger partial charge in [-0.1, -0.05) is 48.5 Å². The molecule has 2 fully saturated rings. The Morgan fingerprint density at radius 2 is 1.68 bits per heavy atom. The van der Waals surface area contributed by atoms with Crippen LogP contribution < -0.4 is 0 Å². The molecule has 2 aliphatic heterocycles. The van der Waals surface area contributed by atoms with E-state index in [1.54, 1.807) is 6.20 Å². The van der Waals surface area contributed by atoms with Gasteiger partial charge < -0.3 is 4.74 Å². The predicted molar refractivity (Wildman–Crippen MR) is 109 cm³/mol. The van der Waals surface area contributed by atoms with Crippen LogP contribution in [0.3, 0.4) is 0 Å². The lowest BCUT2D eigenvalue weighted by Crippen LogP contribution is -2.57. The van der Waals surface area contributed by atoms with Crippen molar-refractivity contribution >= 4 is 16.7 Å². The van der Waals surface area contributed by atoms with E-state index >= 15 is 0 Å². The number of fused-ring (bicyclic) bond motifs is 3. The fourth-order valence-electron chi connectivity index (χ4n) is 4.79. The van der Waals surface area contributed by atoms with E-state index in [-0.39, 0.29) is 11.7 Å². The molecule has 2 bridgehead atoms. The molecule has 28 heavy (non-hydrogen) atoms. The van der Waals surface area contributed by atoms with Crippen LogP contribution in [-0.4, -0.2) is 41.0 Å². The molecule has 0 spiro atoms. The maximum atomic E-state index is 13.4. The van der Waals surface area contributed by atoms with Gasteiger partial charge in [0.1, 0.15) is 0 Å². The fourth-order valence-corrected chi connectivity index (χ4v) is 4.79. The van der Waals surface area contributed by atoms with Crippen molar-refractivity contribution in [1.29, 1.82) is 0 Å². The molecule has 142 valence electrons. The maximum Gasteiger partial charge on any atom is 0.166 e. The number of hydrogen-bond acceptors (Lipinski definition) is 4. The van der Waals surface area contributed by atoms with E-state index < -0.39 is 0 Å². The summed E-state index contributed by atoms with van der Waals surface area (Å²) >= 11 is 0. The number of rotatable bonds is 4. The topological polar surface area (TPSA) is 42.4 Å². The average molecular weight is 372 g/mol. The summed E-state index contributed by atoms with van der Waals surface area (Å²) in [5, 5.41) is 0.961. The number of carbonyl (C=O) groups is 1. The van der Waals surface area contributed by atoms with E-state index in [0.29, 0.717) is 25.3 Å². The molecule has 0 amide bonds. The Morgan fingerprint density at radius 3 is 2.46 bits per heavy atom. The summed E-state index contributed by atoms with van der Waals surface area (Å²) in [7, 11) is 0. The number of pyridine rings is 1. The molecular formula is C24H24N2O2. The van der Waals surface area contributed by atoms with Crippen molar-refractivity contribution in [2.24, 2.45) is 5.92 Å². The van der Waals surface area contributed by atoms with Gasteiger partial charge in [0.15, 0.2) is 5.78 Å². The Kier molecular flexibility index (Phi) is 4.67. The number of ether oxygens (including phenoxy) is 1. The van der Waals surface area contributed by atoms with Gasteiger partial charge in [-0.15, -0.1) is 0 Å². The third-order valence-electron chi connectivity index (χ3n) is 6.16. The van der Waals surface area contributed by atoms with Crippen LogP contribution >= 0.6 is 0 Å². The molecule has 4 heteroatoms. The summed E-state index contributed by atoms with van der Waals surface area (Å²) in [5.41, 5.74) is 3.02. The van der Waals surface area contributed by atoms with Gasteiger partial charge in [0.05, 0.1) is 18.7 Å². The molecule has 5 rings (SSSR count). The first-order valence-corrected chi connectivity index (χ1v) is 10.0. The summed E-state index contributed by atoms with van der Waals surface area (Å²) in [4.78, 5) is 20.4. The molecule has 3 heterocycles. The zero-order valence-corrected chi connectivity index (χ0v) is 15.8. The van der Waals surface area contributed by atoms with Crippen molar-refractivity contribution in [3.8, 4) is 0 Å². The Bertz CT molecular complexity index is 969. The summed E-state index contributed by atoms with van der Waals surface area (Å²) < 4.78 is 5.85. The monoisotopic (exact) mass is 372 g/mol. The Hall–Kier alpha value is -2.56. The number of hydrogen-bond donors (Lipinski definition) is 0. The van der Waals surface area contributed by atoms with Crippen LogP contribution in [0, 0.1) is 5.92 Å². The second-order valence-corrected chi connectivity index (χ2v) is 7.91. The zero-order chi connectivity index (χ0) is 18.9. The summed E-state index contributed by atoms with van der Waals surface area (Å²) in [5.74, 6) is 0.312.